The predicted molar refractivity (Wildman–Crippen MR) is 82.9 cm³/mol. The SMILES string of the molecule is Cc1cccc(SCC(=O)C23CCCC(CC2C)C3)n1. The van der Waals surface area contributed by atoms with Crippen LogP contribution in [0.2, 0.25) is 0 Å². The fourth-order valence-corrected chi connectivity index (χ4v) is 5.16. The zero-order valence-electron chi connectivity index (χ0n) is 12.4. The molecule has 1 aromatic rings. The van der Waals surface area contributed by atoms with Gasteiger partial charge in [-0.05, 0) is 50.2 Å². The maximum Gasteiger partial charge on any atom is 0.149 e. The van der Waals surface area contributed by atoms with Crippen LogP contribution >= 0.6 is 11.8 Å². The Balaban J connectivity index is 1.67. The highest BCUT2D eigenvalue weighted by Gasteiger charge is 2.51. The van der Waals surface area contributed by atoms with Crippen molar-refractivity contribution in [2.24, 2.45) is 17.3 Å². The number of thioether (sulfide) groups is 1. The number of Topliss-reactive ketones (excluding diaryl/α,β-unsaturated/α-hetero) is 1. The van der Waals surface area contributed by atoms with Crippen LogP contribution in [0, 0.1) is 24.2 Å². The molecule has 3 rings (SSSR count). The summed E-state index contributed by atoms with van der Waals surface area (Å²) in [4.78, 5) is 17.3. The number of carbonyl (C=O) groups excluding carboxylic acids is 1. The van der Waals surface area contributed by atoms with E-state index in [1.165, 1.54) is 19.3 Å². The van der Waals surface area contributed by atoms with Gasteiger partial charge in [-0.1, -0.05) is 37.6 Å². The largest absolute Gasteiger partial charge is 0.298 e. The van der Waals surface area contributed by atoms with Crippen molar-refractivity contribution in [3.05, 3.63) is 23.9 Å². The van der Waals surface area contributed by atoms with Gasteiger partial charge in [0, 0.05) is 11.1 Å². The lowest BCUT2D eigenvalue weighted by Crippen LogP contribution is -2.36. The molecule has 1 heterocycles. The van der Waals surface area contributed by atoms with E-state index in [2.05, 4.69) is 11.9 Å². The lowest BCUT2D eigenvalue weighted by Gasteiger charge is -2.34. The molecule has 3 atom stereocenters. The molecule has 1 aromatic heterocycles. The van der Waals surface area contributed by atoms with Crippen LogP contribution in [0.4, 0.5) is 0 Å². The minimum atomic E-state index is -0.000256. The van der Waals surface area contributed by atoms with Gasteiger partial charge in [0.1, 0.15) is 5.78 Å². The lowest BCUT2D eigenvalue weighted by molar-refractivity contribution is -0.129. The van der Waals surface area contributed by atoms with Crippen molar-refractivity contribution in [1.29, 1.82) is 0 Å². The second kappa shape index (κ2) is 5.51. The van der Waals surface area contributed by atoms with Crippen LogP contribution in [0.5, 0.6) is 0 Å². The molecule has 0 spiro atoms. The van der Waals surface area contributed by atoms with E-state index in [9.17, 15) is 4.79 Å². The fraction of sp³-hybridized carbons (Fsp3) is 0.647. The summed E-state index contributed by atoms with van der Waals surface area (Å²) in [6.07, 6.45) is 6.11. The zero-order valence-corrected chi connectivity index (χ0v) is 13.2. The van der Waals surface area contributed by atoms with Crippen molar-refractivity contribution in [3.8, 4) is 0 Å². The molecule has 0 aromatic carbocycles. The molecule has 2 saturated carbocycles. The smallest absolute Gasteiger partial charge is 0.149 e. The third-order valence-corrected chi connectivity index (χ3v) is 6.22. The Hall–Kier alpha value is -0.830. The van der Waals surface area contributed by atoms with Crippen LogP contribution in [0.1, 0.15) is 44.7 Å². The minimum Gasteiger partial charge on any atom is -0.298 e. The molecule has 2 fully saturated rings. The van der Waals surface area contributed by atoms with E-state index in [0.29, 0.717) is 17.5 Å². The minimum absolute atomic E-state index is 0.000256. The number of hydrogen-bond donors (Lipinski definition) is 0. The number of carbonyl (C=O) groups is 1. The third-order valence-electron chi connectivity index (χ3n) is 5.29. The molecule has 108 valence electrons. The number of hydrogen-bond acceptors (Lipinski definition) is 3. The van der Waals surface area contributed by atoms with Gasteiger partial charge in [0.05, 0.1) is 10.8 Å². The summed E-state index contributed by atoms with van der Waals surface area (Å²) in [5, 5.41) is 0.979. The Bertz CT molecular complexity index is 515. The number of ketones is 1. The monoisotopic (exact) mass is 289 g/mol. The van der Waals surface area contributed by atoms with E-state index in [-0.39, 0.29) is 5.41 Å². The van der Waals surface area contributed by atoms with Gasteiger partial charge in [-0.25, -0.2) is 4.98 Å². The normalized spacial score (nSPS) is 32.3. The molecule has 0 radical (unpaired) electrons. The van der Waals surface area contributed by atoms with Crippen molar-refractivity contribution in [1.82, 2.24) is 4.98 Å². The maximum atomic E-state index is 12.8. The zero-order chi connectivity index (χ0) is 14.2. The average molecular weight is 289 g/mol. The molecule has 3 unspecified atom stereocenters. The molecular weight excluding hydrogens is 266 g/mol. The van der Waals surface area contributed by atoms with Crippen molar-refractivity contribution < 1.29 is 4.79 Å². The highest BCUT2D eigenvalue weighted by atomic mass is 32.2. The molecule has 2 aliphatic rings. The van der Waals surface area contributed by atoms with E-state index in [0.717, 1.165) is 29.5 Å². The highest BCUT2D eigenvalue weighted by molar-refractivity contribution is 7.99. The fourth-order valence-electron chi connectivity index (χ4n) is 4.21. The highest BCUT2D eigenvalue weighted by Crippen LogP contribution is 2.55. The molecular formula is C17H23NOS. The van der Waals surface area contributed by atoms with Gasteiger partial charge in [0.15, 0.2) is 0 Å². The number of rotatable bonds is 4. The Kier molecular flexibility index (Phi) is 3.89. The molecule has 0 saturated heterocycles. The van der Waals surface area contributed by atoms with E-state index in [1.807, 2.05) is 25.1 Å². The molecule has 0 aliphatic heterocycles. The van der Waals surface area contributed by atoms with E-state index < -0.39 is 0 Å². The number of nitrogens with zero attached hydrogens (tertiary/aromatic N) is 1. The first-order valence-corrected chi connectivity index (χ1v) is 8.68. The van der Waals surface area contributed by atoms with Crippen molar-refractivity contribution in [2.75, 3.05) is 5.75 Å². The first-order valence-electron chi connectivity index (χ1n) is 7.70. The van der Waals surface area contributed by atoms with Crippen molar-refractivity contribution >= 4 is 17.5 Å². The van der Waals surface area contributed by atoms with Gasteiger partial charge in [0.25, 0.3) is 0 Å². The third kappa shape index (κ3) is 2.52. The summed E-state index contributed by atoms with van der Waals surface area (Å²) < 4.78 is 0. The summed E-state index contributed by atoms with van der Waals surface area (Å²) in [7, 11) is 0. The van der Waals surface area contributed by atoms with Crippen LogP contribution in [-0.2, 0) is 4.79 Å². The topological polar surface area (TPSA) is 30.0 Å². The molecule has 3 heteroatoms. The second-order valence-electron chi connectivity index (χ2n) is 6.58. The van der Waals surface area contributed by atoms with Crippen molar-refractivity contribution in [3.63, 3.8) is 0 Å². The Morgan fingerprint density at radius 2 is 2.35 bits per heavy atom. The Morgan fingerprint density at radius 3 is 3.15 bits per heavy atom. The van der Waals surface area contributed by atoms with Crippen molar-refractivity contribution in [2.45, 2.75) is 51.0 Å². The maximum absolute atomic E-state index is 12.8. The molecule has 2 bridgehead atoms. The molecule has 0 amide bonds. The van der Waals surface area contributed by atoms with Crippen LogP contribution in [0.25, 0.3) is 0 Å². The molecule has 2 nitrogen and oxygen atoms in total. The number of pyridine rings is 1. The quantitative estimate of drug-likeness (QED) is 0.775. The summed E-state index contributed by atoms with van der Waals surface area (Å²) >= 11 is 1.61. The Morgan fingerprint density at radius 1 is 1.50 bits per heavy atom. The average Bonchev–Trinajstić information content (AvgIpc) is 2.67. The van der Waals surface area contributed by atoms with Crippen LogP contribution in [0.3, 0.4) is 0 Å². The summed E-state index contributed by atoms with van der Waals surface area (Å²) in [5.41, 5.74) is 1.02. The second-order valence-corrected chi connectivity index (χ2v) is 7.58. The van der Waals surface area contributed by atoms with Crippen LogP contribution in [-0.4, -0.2) is 16.5 Å². The number of fused-ring (bicyclic) bond motifs is 2. The van der Waals surface area contributed by atoms with Gasteiger partial charge < -0.3 is 0 Å². The van der Waals surface area contributed by atoms with Gasteiger partial charge in [-0.3, -0.25) is 4.79 Å². The summed E-state index contributed by atoms with van der Waals surface area (Å²) in [6, 6.07) is 6.02. The summed E-state index contributed by atoms with van der Waals surface area (Å²) in [5.74, 6) is 2.45. The first-order chi connectivity index (χ1) is 9.60. The molecule has 2 aliphatic carbocycles. The van der Waals surface area contributed by atoms with E-state index >= 15 is 0 Å². The van der Waals surface area contributed by atoms with Crippen LogP contribution in [0.15, 0.2) is 23.2 Å². The van der Waals surface area contributed by atoms with Gasteiger partial charge in [-0.2, -0.15) is 0 Å². The standard InChI is InChI=1S/C17H23NOS/c1-12-9-14-6-4-8-17(12,10-14)15(19)11-20-16-7-3-5-13(2)18-16/h3,5,7,12,14H,4,6,8-11H2,1-2H3. The summed E-state index contributed by atoms with van der Waals surface area (Å²) in [6.45, 7) is 4.29. The van der Waals surface area contributed by atoms with Crippen LogP contribution < -0.4 is 0 Å². The number of aryl methyl sites for hydroxylation is 1. The van der Waals surface area contributed by atoms with Gasteiger partial charge in [0.2, 0.25) is 0 Å². The molecule has 20 heavy (non-hydrogen) atoms. The predicted octanol–water partition coefficient (Wildman–Crippen LogP) is 4.27. The van der Waals surface area contributed by atoms with E-state index in [4.69, 9.17) is 0 Å². The van der Waals surface area contributed by atoms with Gasteiger partial charge in [-0.15, -0.1) is 0 Å². The van der Waals surface area contributed by atoms with Gasteiger partial charge >= 0.3 is 0 Å². The molecule has 0 N–H and O–H groups in total. The lowest BCUT2D eigenvalue weighted by atomic mass is 9.69. The van der Waals surface area contributed by atoms with E-state index in [1.54, 1.807) is 11.8 Å². The first kappa shape index (κ1) is 14.1. The Labute approximate surface area is 125 Å². The number of aromatic nitrogens is 1.